The van der Waals surface area contributed by atoms with Crippen molar-refractivity contribution in [2.75, 3.05) is 24.5 Å². The fraction of sp³-hybridized carbons (Fsp3) is 0.455. The number of fused-ring (bicyclic) bond motifs is 2. The van der Waals surface area contributed by atoms with Crippen LogP contribution in [0.2, 0.25) is 0 Å². The molecule has 3 aromatic rings. The number of aryl methyl sites for hydroxylation is 1. The zero-order chi connectivity index (χ0) is 19.6. The van der Waals surface area contributed by atoms with E-state index in [1.807, 2.05) is 22.7 Å². The smallest absolute Gasteiger partial charge is 0.254 e. The average Bonchev–Trinajstić information content (AvgIpc) is 3.42. The summed E-state index contributed by atoms with van der Waals surface area (Å²) >= 11 is 0. The Bertz CT molecular complexity index is 1010. The van der Waals surface area contributed by atoms with Crippen molar-refractivity contribution in [2.45, 2.75) is 38.5 Å². The van der Waals surface area contributed by atoms with Gasteiger partial charge in [0.15, 0.2) is 0 Å². The highest BCUT2D eigenvalue weighted by atomic mass is 16.1. The topological polar surface area (TPSA) is 75.4 Å². The van der Waals surface area contributed by atoms with Crippen LogP contribution in [-0.4, -0.2) is 45.1 Å². The molecule has 1 aromatic carbocycles. The predicted octanol–water partition coefficient (Wildman–Crippen LogP) is 2.19. The van der Waals surface area contributed by atoms with Gasteiger partial charge in [-0.05, 0) is 44.1 Å². The van der Waals surface area contributed by atoms with Crippen molar-refractivity contribution >= 4 is 17.5 Å². The molecule has 0 radical (unpaired) electrons. The van der Waals surface area contributed by atoms with Gasteiger partial charge in [-0.2, -0.15) is 14.6 Å². The van der Waals surface area contributed by atoms with E-state index in [1.165, 1.54) is 16.8 Å². The number of benzene rings is 1. The van der Waals surface area contributed by atoms with Crippen molar-refractivity contribution in [1.82, 2.24) is 24.9 Å². The van der Waals surface area contributed by atoms with E-state index in [2.05, 4.69) is 37.4 Å². The van der Waals surface area contributed by atoms with E-state index in [0.29, 0.717) is 12.3 Å². The van der Waals surface area contributed by atoms with Gasteiger partial charge in [0, 0.05) is 31.1 Å². The van der Waals surface area contributed by atoms with Crippen LogP contribution in [0.5, 0.6) is 0 Å². The first-order chi connectivity index (χ1) is 14.3. The molecule has 1 aliphatic carbocycles. The third kappa shape index (κ3) is 3.57. The largest absolute Gasteiger partial charge is 0.356 e. The second-order valence-electron chi connectivity index (χ2n) is 7.97. The van der Waals surface area contributed by atoms with Crippen molar-refractivity contribution in [3.05, 3.63) is 53.5 Å². The Kier molecular flexibility index (Phi) is 4.87. The molecule has 1 amide bonds. The van der Waals surface area contributed by atoms with E-state index in [4.69, 9.17) is 0 Å². The number of nitrogens with one attached hydrogen (secondary N) is 1. The minimum Gasteiger partial charge on any atom is -0.356 e. The summed E-state index contributed by atoms with van der Waals surface area (Å²) in [6, 6.07) is 10.3. The molecule has 0 unspecified atom stereocenters. The van der Waals surface area contributed by atoms with Gasteiger partial charge in [0.1, 0.15) is 12.1 Å². The molecule has 5 rings (SSSR count). The van der Waals surface area contributed by atoms with Crippen molar-refractivity contribution in [3.8, 4) is 0 Å². The molecule has 7 nitrogen and oxygen atoms in total. The summed E-state index contributed by atoms with van der Waals surface area (Å²) in [5, 5.41) is 7.54. The van der Waals surface area contributed by atoms with Gasteiger partial charge in [0.2, 0.25) is 5.91 Å². The Morgan fingerprint density at radius 3 is 2.79 bits per heavy atom. The molecule has 29 heavy (non-hydrogen) atoms. The number of aromatic nitrogens is 4. The fourth-order valence-corrected chi connectivity index (χ4v) is 4.60. The molecule has 1 fully saturated rings. The fourth-order valence-electron chi connectivity index (χ4n) is 4.60. The number of piperidine rings is 1. The summed E-state index contributed by atoms with van der Waals surface area (Å²) in [6.45, 7) is 2.42. The summed E-state index contributed by atoms with van der Waals surface area (Å²) in [4.78, 5) is 24.0. The van der Waals surface area contributed by atoms with Crippen molar-refractivity contribution < 1.29 is 4.79 Å². The number of rotatable bonds is 5. The lowest BCUT2D eigenvalue weighted by atomic mass is 9.95. The van der Waals surface area contributed by atoms with Gasteiger partial charge in [-0.1, -0.05) is 30.3 Å². The van der Waals surface area contributed by atoms with Gasteiger partial charge in [0.05, 0.1) is 5.69 Å². The van der Waals surface area contributed by atoms with Gasteiger partial charge < -0.3 is 10.2 Å². The van der Waals surface area contributed by atoms with Gasteiger partial charge in [-0.3, -0.25) is 4.79 Å². The quantitative estimate of drug-likeness (QED) is 0.723. The second kappa shape index (κ2) is 7.81. The molecule has 2 aromatic heterocycles. The van der Waals surface area contributed by atoms with E-state index >= 15 is 0 Å². The Balaban J connectivity index is 1.22. The number of anilines is 1. The average molecular weight is 390 g/mol. The van der Waals surface area contributed by atoms with Gasteiger partial charge in [0.25, 0.3) is 5.78 Å². The molecule has 1 aliphatic heterocycles. The number of hydrogen-bond acceptors (Lipinski definition) is 5. The lowest BCUT2D eigenvalue weighted by Crippen LogP contribution is -2.42. The number of hydrogen-bond donors (Lipinski definition) is 1. The Morgan fingerprint density at radius 1 is 1.14 bits per heavy atom. The number of amides is 1. The molecule has 150 valence electrons. The first kappa shape index (κ1) is 18.1. The van der Waals surface area contributed by atoms with Crippen LogP contribution in [0.4, 0.5) is 5.82 Å². The second-order valence-corrected chi connectivity index (χ2v) is 7.97. The van der Waals surface area contributed by atoms with Gasteiger partial charge in [-0.25, -0.2) is 4.98 Å². The minimum atomic E-state index is 0.0862. The highest BCUT2D eigenvalue weighted by Gasteiger charge is 2.30. The Labute approximate surface area is 170 Å². The molecule has 1 saturated heterocycles. The monoisotopic (exact) mass is 390 g/mol. The van der Waals surface area contributed by atoms with Crippen LogP contribution in [0, 0.1) is 5.92 Å². The number of carbonyl (C=O) groups excluding carboxylic acids is 1. The van der Waals surface area contributed by atoms with Crippen LogP contribution in [0.25, 0.3) is 5.78 Å². The molecule has 3 heterocycles. The molecule has 0 saturated carbocycles. The van der Waals surface area contributed by atoms with Crippen LogP contribution in [0.3, 0.4) is 0 Å². The van der Waals surface area contributed by atoms with Crippen LogP contribution < -0.4 is 10.2 Å². The molecular formula is C22H26N6O. The first-order valence-electron chi connectivity index (χ1n) is 10.6. The zero-order valence-electron chi connectivity index (χ0n) is 16.5. The van der Waals surface area contributed by atoms with E-state index in [0.717, 1.165) is 57.4 Å². The lowest BCUT2D eigenvalue weighted by Gasteiger charge is -2.34. The van der Waals surface area contributed by atoms with Crippen molar-refractivity contribution in [1.29, 1.82) is 0 Å². The van der Waals surface area contributed by atoms with E-state index in [1.54, 1.807) is 6.33 Å². The van der Waals surface area contributed by atoms with E-state index < -0.39 is 0 Å². The van der Waals surface area contributed by atoms with Gasteiger partial charge >= 0.3 is 0 Å². The summed E-state index contributed by atoms with van der Waals surface area (Å²) < 4.78 is 1.88. The van der Waals surface area contributed by atoms with Crippen LogP contribution in [0.15, 0.2) is 36.7 Å². The molecule has 0 bridgehead atoms. The molecular weight excluding hydrogens is 364 g/mol. The summed E-state index contributed by atoms with van der Waals surface area (Å²) in [7, 11) is 0. The van der Waals surface area contributed by atoms with E-state index in [-0.39, 0.29) is 11.8 Å². The summed E-state index contributed by atoms with van der Waals surface area (Å²) in [5.74, 6) is 2.10. The number of nitrogens with zero attached hydrogens (tertiary/aromatic N) is 5. The maximum Gasteiger partial charge on any atom is 0.254 e. The Hall–Kier alpha value is -2.96. The summed E-state index contributed by atoms with van der Waals surface area (Å²) in [6.07, 6.45) is 7.39. The number of carbonyl (C=O) groups is 1. The van der Waals surface area contributed by atoms with Gasteiger partial charge in [-0.15, -0.1) is 0 Å². The maximum atomic E-state index is 12.6. The highest BCUT2D eigenvalue weighted by Crippen LogP contribution is 2.32. The lowest BCUT2D eigenvalue weighted by molar-refractivity contribution is -0.125. The third-order valence-corrected chi connectivity index (χ3v) is 6.14. The molecule has 0 atom stereocenters. The van der Waals surface area contributed by atoms with Crippen LogP contribution >= 0.6 is 0 Å². The summed E-state index contributed by atoms with van der Waals surface area (Å²) in [5.41, 5.74) is 3.74. The maximum absolute atomic E-state index is 12.6. The van der Waals surface area contributed by atoms with E-state index in [9.17, 15) is 4.79 Å². The van der Waals surface area contributed by atoms with Crippen molar-refractivity contribution in [3.63, 3.8) is 0 Å². The third-order valence-electron chi connectivity index (χ3n) is 6.14. The minimum absolute atomic E-state index is 0.0862. The first-order valence-corrected chi connectivity index (χ1v) is 10.6. The van der Waals surface area contributed by atoms with Crippen LogP contribution in [0.1, 0.15) is 36.1 Å². The SMILES string of the molecule is O=C(NCCc1ccccc1)C1CCN(c2c3c(nc4ncnn24)CCC3)CC1. The molecule has 7 heteroatoms. The predicted molar refractivity (Wildman–Crippen MR) is 111 cm³/mol. The van der Waals surface area contributed by atoms with Crippen molar-refractivity contribution in [2.24, 2.45) is 5.92 Å². The highest BCUT2D eigenvalue weighted by molar-refractivity contribution is 5.79. The Morgan fingerprint density at radius 2 is 1.97 bits per heavy atom. The molecule has 1 N–H and O–H groups in total. The van der Waals surface area contributed by atoms with Crippen LogP contribution in [-0.2, 0) is 24.1 Å². The molecule has 2 aliphatic rings. The molecule has 0 spiro atoms. The zero-order valence-corrected chi connectivity index (χ0v) is 16.5. The standard InChI is InChI=1S/C22H26N6O/c29-20(23-12-9-16-5-2-1-3-6-16)17-10-13-27(14-11-17)21-18-7-4-8-19(18)26-22-24-15-25-28(21)22/h1-3,5-6,15,17H,4,7-14H2,(H,23,29). The normalized spacial score (nSPS) is 16.9.